The molecular formula is C11H21NO2. The van der Waals surface area contributed by atoms with Gasteiger partial charge < -0.3 is 9.84 Å². The van der Waals surface area contributed by atoms with Gasteiger partial charge in [-0.3, -0.25) is 4.90 Å². The van der Waals surface area contributed by atoms with Crippen molar-refractivity contribution in [3.05, 3.63) is 11.6 Å². The van der Waals surface area contributed by atoms with Crippen LogP contribution in [0.25, 0.3) is 0 Å². The van der Waals surface area contributed by atoms with Crippen molar-refractivity contribution in [3.63, 3.8) is 0 Å². The third kappa shape index (κ3) is 4.74. The molecule has 82 valence electrons. The van der Waals surface area contributed by atoms with Crippen LogP contribution in [0.5, 0.6) is 0 Å². The van der Waals surface area contributed by atoms with E-state index < -0.39 is 0 Å². The summed E-state index contributed by atoms with van der Waals surface area (Å²) in [7, 11) is 0. The zero-order valence-electron chi connectivity index (χ0n) is 9.20. The van der Waals surface area contributed by atoms with Crippen LogP contribution in [0.3, 0.4) is 0 Å². The number of aliphatic hydroxyl groups excluding tert-OH is 1. The summed E-state index contributed by atoms with van der Waals surface area (Å²) in [4.78, 5) is 2.39. The molecule has 1 heterocycles. The summed E-state index contributed by atoms with van der Waals surface area (Å²) < 4.78 is 5.28. The summed E-state index contributed by atoms with van der Waals surface area (Å²) in [6, 6.07) is 0. The second-order valence-corrected chi connectivity index (χ2v) is 4.02. The van der Waals surface area contributed by atoms with Gasteiger partial charge >= 0.3 is 0 Å². The Bertz CT molecular complexity index is 184. The van der Waals surface area contributed by atoms with Crippen molar-refractivity contribution in [3.8, 4) is 0 Å². The zero-order chi connectivity index (χ0) is 10.4. The minimum Gasteiger partial charge on any atom is -0.393 e. The van der Waals surface area contributed by atoms with Crippen molar-refractivity contribution in [2.45, 2.75) is 26.4 Å². The molecule has 0 saturated carbocycles. The molecule has 0 aliphatic carbocycles. The number of hydrogen-bond donors (Lipinski definition) is 1. The zero-order valence-corrected chi connectivity index (χ0v) is 9.20. The highest BCUT2D eigenvalue weighted by atomic mass is 16.5. The lowest BCUT2D eigenvalue weighted by molar-refractivity contribution is 0.0422. The highest BCUT2D eigenvalue weighted by Crippen LogP contribution is 2.04. The van der Waals surface area contributed by atoms with Gasteiger partial charge in [-0.25, -0.2) is 0 Å². The van der Waals surface area contributed by atoms with Gasteiger partial charge in [-0.1, -0.05) is 11.6 Å². The monoisotopic (exact) mass is 199 g/mol. The Morgan fingerprint density at radius 3 is 2.71 bits per heavy atom. The first kappa shape index (κ1) is 11.7. The van der Waals surface area contributed by atoms with Gasteiger partial charge in [-0.2, -0.15) is 0 Å². The Labute approximate surface area is 86.4 Å². The first-order chi connectivity index (χ1) is 6.68. The molecule has 0 bridgehead atoms. The predicted octanol–water partition coefficient (Wildman–Crippen LogP) is 1.04. The molecule has 14 heavy (non-hydrogen) atoms. The quantitative estimate of drug-likeness (QED) is 0.687. The van der Waals surface area contributed by atoms with Crippen LogP contribution in [0.2, 0.25) is 0 Å². The van der Waals surface area contributed by atoms with Gasteiger partial charge in [-0.05, 0) is 20.3 Å². The second-order valence-electron chi connectivity index (χ2n) is 4.02. The van der Waals surface area contributed by atoms with Crippen molar-refractivity contribution >= 4 is 0 Å². The summed E-state index contributed by atoms with van der Waals surface area (Å²) in [6.45, 7) is 8.71. The summed E-state index contributed by atoms with van der Waals surface area (Å²) in [5.41, 5.74) is 1.34. The lowest BCUT2D eigenvalue weighted by Gasteiger charge is -2.26. The normalized spacial score (nSPS) is 22.4. The molecule has 0 aromatic carbocycles. The van der Waals surface area contributed by atoms with Crippen LogP contribution in [0.4, 0.5) is 0 Å². The topological polar surface area (TPSA) is 32.7 Å². The molecular weight excluding hydrogens is 178 g/mol. The highest BCUT2D eigenvalue weighted by molar-refractivity contribution is 5.01. The molecule has 3 heteroatoms. The van der Waals surface area contributed by atoms with Crippen LogP contribution in [-0.2, 0) is 4.74 Å². The maximum absolute atomic E-state index is 9.13. The fourth-order valence-electron chi connectivity index (χ4n) is 1.55. The first-order valence-corrected chi connectivity index (χ1v) is 5.32. The molecule has 1 atom stereocenters. The van der Waals surface area contributed by atoms with Crippen molar-refractivity contribution in [1.82, 2.24) is 4.90 Å². The van der Waals surface area contributed by atoms with Gasteiger partial charge in [0.15, 0.2) is 0 Å². The number of aliphatic hydroxyl groups is 1. The van der Waals surface area contributed by atoms with Crippen molar-refractivity contribution in [1.29, 1.82) is 0 Å². The largest absolute Gasteiger partial charge is 0.393 e. The van der Waals surface area contributed by atoms with E-state index in [1.54, 1.807) is 0 Å². The Kier molecular flexibility index (Phi) is 5.15. The molecule has 1 fully saturated rings. The van der Waals surface area contributed by atoms with E-state index in [1.165, 1.54) is 5.57 Å². The molecule has 0 spiro atoms. The van der Waals surface area contributed by atoms with E-state index in [9.17, 15) is 0 Å². The Morgan fingerprint density at radius 1 is 1.50 bits per heavy atom. The SMILES string of the molecule is C/C(=C\C[C@H](C)O)CN1CCOCC1. The average Bonchev–Trinajstić information content (AvgIpc) is 2.16. The van der Waals surface area contributed by atoms with E-state index in [1.807, 2.05) is 6.92 Å². The van der Waals surface area contributed by atoms with Gasteiger partial charge in [0.2, 0.25) is 0 Å². The molecule has 0 aromatic rings. The minimum absolute atomic E-state index is 0.227. The molecule has 0 radical (unpaired) electrons. The molecule has 3 nitrogen and oxygen atoms in total. The molecule has 1 aliphatic rings. The average molecular weight is 199 g/mol. The number of morpholine rings is 1. The minimum atomic E-state index is -0.227. The first-order valence-electron chi connectivity index (χ1n) is 5.32. The number of ether oxygens (including phenoxy) is 1. The lowest BCUT2D eigenvalue weighted by Crippen LogP contribution is -2.37. The van der Waals surface area contributed by atoms with Gasteiger partial charge in [0.05, 0.1) is 19.3 Å². The number of hydrogen-bond acceptors (Lipinski definition) is 3. The van der Waals surface area contributed by atoms with Gasteiger partial charge in [0.1, 0.15) is 0 Å². The van der Waals surface area contributed by atoms with E-state index in [-0.39, 0.29) is 6.10 Å². The molecule has 1 rings (SSSR count). The van der Waals surface area contributed by atoms with E-state index >= 15 is 0 Å². The number of rotatable bonds is 4. The van der Waals surface area contributed by atoms with Crippen LogP contribution < -0.4 is 0 Å². The molecule has 0 unspecified atom stereocenters. The standard InChI is InChI=1S/C11H21NO2/c1-10(3-4-11(2)13)9-12-5-7-14-8-6-12/h3,11,13H,4-9H2,1-2H3/b10-3+/t11-/m0/s1. The highest BCUT2D eigenvalue weighted by Gasteiger charge is 2.09. The summed E-state index contributed by atoms with van der Waals surface area (Å²) in [5.74, 6) is 0. The van der Waals surface area contributed by atoms with Gasteiger partial charge in [0, 0.05) is 19.6 Å². The molecule has 1 aliphatic heterocycles. The van der Waals surface area contributed by atoms with Crippen LogP contribution in [-0.4, -0.2) is 49.0 Å². The molecule has 1 saturated heterocycles. The Morgan fingerprint density at radius 2 is 2.14 bits per heavy atom. The fraction of sp³-hybridized carbons (Fsp3) is 0.818. The fourth-order valence-corrected chi connectivity index (χ4v) is 1.55. The van der Waals surface area contributed by atoms with Crippen LogP contribution >= 0.6 is 0 Å². The van der Waals surface area contributed by atoms with Crippen LogP contribution in [0.15, 0.2) is 11.6 Å². The smallest absolute Gasteiger partial charge is 0.0594 e. The molecule has 0 amide bonds. The van der Waals surface area contributed by atoms with Crippen molar-refractivity contribution in [2.24, 2.45) is 0 Å². The molecule has 1 N–H and O–H groups in total. The Balaban J connectivity index is 2.24. The maximum atomic E-state index is 9.13. The van der Waals surface area contributed by atoms with E-state index in [0.717, 1.165) is 39.3 Å². The Hall–Kier alpha value is -0.380. The number of nitrogens with zero attached hydrogens (tertiary/aromatic N) is 1. The van der Waals surface area contributed by atoms with Crippen LogP contribution in [0.1, 0.15) is 20.3 Å². The molecule has 0 aromatic heterocycles. The van der Waals surface area contributed by atoms with Gasteiger partial charge in [0.25, 0.3) is 0 Å². The summed E-state index contributed by atoms with van der Waals surface area (Å²) in [5, 5.41) is 9.13. The summed E-state index contributed by atoms with van der Waals surface area (Å²) in [6.07, 6.45) is 2.66. The third-order valence-corrected chi connectivity index (χ3v) is 2.38. The van der Waals surface area contributed by atoms with Crippen LogP contribution in [0, 0.1) is 0 Å². The lowest BCUT2D eigenvalue weighted by atomic mass is 10.2. The van der Waals surface area contributed by atoms with Crippen molar-refractivity contribution in [2.75, 3.05) is 32.8 Å². The maximum Gasteiger partial charge on any atom is 0.0594 e. The van der Waals surface area contributed by atoms with Crippen molar-refractivity contribution < 1.29 is 9.84 Å². The summed E-state index contributed by atoms with van der Waals surface area (Å²) >= 11 is 0. The predicted molar refractivity (Wildman–Crippen MR) is 57.3 cm³/mol. The third-order valence-electron chi connectivity index (χ3n) is 2.38. The van der Waals surface area contributed by atoms with E-state index in [4.69, 9.17) is 9.84 Å². The van der Waals surface area contributed by atoms with E-state index in [0.29, 0.717) is 0 Å². The van der Waals surface area contributed by atoms with E-state index in [2.05, 4.69) is 17.9 Å². The second kappa shape index (κ2) is 6.17. The van der Waals surface area contributed by atoms with Gasteiger partial charge in [-0.15, -0.1) is 0 Å².